The quantitative estimate of drug-likeness (QED) is 0.821. The number of nitrogens with zero attached hydrogens (tertiary/aromatic N) is 1. The van der Waals surface area contributed by atoms with E-state index in [1.54, 1.807) is 11.8 Å². The Labute approximate surface area is 105 Å². The minimum atomic E-state index is 0.0431. The standard InChI is InChI=1S/C12H15ClN2S/c1-8-4-5-9(6-10(8)13)14-11-15-12(2,3)7-16-11/h4-6H,7H2,1-3H3,(H,14,15). The van der Waals surface area contributed by atoms with Gasteiger partial charge >= 0.3 is 0 Å². The zero-order valence-electron chi connectivity index (χ0n) is 9.67. The maximum Gasteiger partial charge on any atom is 0.161 e. The Morgan fingerprint density at radius 1 is 1.44 bits per heavy atom. The number of amidine groups is 1. The molecule has 1 aliphatic heterocycles. The van der Waals surface area contributed by atoms with Crippen LogP contribution < -0.4 is 5.32 Å². The van der Waals surface area contributed by atoms with Gasteiger partial charge in [-0.25, -0.2) is 0 Å². The Bertz CT molecular complexity index is 441. The highest BCUT2D eigenvalue weighted by Gasteiger charge is 2.25. The topological polar surface area (TPSA) is 24.4 Å². The van der Waals surface area contributed by atoms with Crippen LogP contribution in [0.4, 0.5) is 5.69 Å². The summed E-state index contributed by atoms with van der Waals surface area (Å²) in [6.45, 7) is 6.27. The van der Waals surface area contributed by atoms with E-state index in [0.717, 1.165) is 27.2 Å². The third-order valence-electron chi connectivity index (χ3n) is 2.39. The molecule has 0 aromatic heterocycles. The summed E-state index contributed by atoms with van der Waals surface area (Å²) in [6.07, 6.45) is 0. The van der Waals surface area contributed by atoms with Gasteiger partial charge in [-0.1, -0.05) is 29.4 Å². The number of nitrogens with one attached hydrogen (secondary N) is 1. The summed E-state index contributed by atoms with van der Waals surface area (Å²) in [5.41, 5.74) is 2.13. The van der Waals surface area contributed by atoms with Crippen molar-refractivity contribution in [2.24, 2.45) is 4.99 Å². The Morgan fingerprint density at radius 3 is 2.75 bits per heavy atom. The fourth-order valence-electron chi connectivity index (χ4n) is 1.44. The number of anilines is 1. The minimum Gasteiger partial charge on any atom is -0.335 e. The third-order valence-corrected chi connectivity index (χ3v) is 4.11. The van der Waals surface area contributed by atoms with Crippen molar-refractivity contribution >= 4 is 34.2 Å². The van der Waals surface area contributed by atoms with Crippen LogP contribution in [0.25, 0.3) is 0 Å². The normalized spacial score (nSPS) is 18.4. The van der Waals surface area contributed by atoms with E-state index < -0.39 is 0 Å². The van der Waals surface area contributed by atoms with Gasteiger partial charge < -0.3 is 5.32 Å². The zero-order chi connectivity index (χ0) is 11.8. The van der Waals surface area contributed by atoms with Crippen molar-refractivity contribution in [3.63, 3.8) is 0 Å². The van der Waals surface area contributed by atoms with Crippen LogP contribution in [0.3, 0.4) is 0 Å². The van der Waals surface area contributed by atoms with Gasteiger partial charge in [-0.15, -0.1) is 0 Å². The van der Waals surface area contributed by atoms with Crippen LogP contribution in [0.5, 0.6) is 0 Å². The first kappa shape index (κ1) is 11.8. The molecular weight excluding hydrogens is 240 g/mol. The van der Waals surface area contributed by atoms with Crippen molar-refractivity contribution in [3.8, 4) is 0 Å². The highest BCUT2D eigenvalue weighted by molar-refractivity contribution is 8.14. The molecule has 1 aromatic rings. The molecule has 0 saturated heterocycles. The van der Waals surface area contributed by atoms with Crippen LogP contribution in [0.2, 0.25) is 5.02 Å². The molecule has 0 spiro atoms. The van der Waals surface area contributed by atoms with Gasteiger partial charge in [-0.3, -0.25) is 4.99 Å². The van der Waals surface area contributed by atoms with Gasteiger partial charge in [0.2, 0.25) is 0 Å². The number of hydrogen-bond acceptors (Lipinski definition) is 3. The monoisotopic (exact) mass is 254 g/mol. The number of aryl methyl sites for hydroxylation is 1. The molecule has 0 fully saturated rings. The van der Waals surface area contributed by atoms with Crippen LogP contribution in [0.1, 0.15) is 19.4 Å². The van der Waals surface area contributed by atoms with E-state index in [2.05, 4.69) is 24.2 Å². The smallest absolute Gasteiger partial charge is 0.161 e. The highest BCUT2D eigenvalue weighted by Crippen LogP contribution is 2.28. The fraction of sp³-hybridized carbons (Fsp3) is 0.417. The molecule has 0 bridgehead atoms. The second-order valence-electron chi connectivity index (χ2n) is 4.61. The molecule has 0 aliphatic carbocycles. The lowest BCUT2D eigenvalue weighted by atomic mass is 10.1. The molecule has 0 radical (unpaired) electrons. The van der Waals surface area contributed by atoms with E-state index >= 15 is 0 Å². The van der Waals surface area contributed by atoms with Crippen LogP contribution in [-0.4, -0.2) is 16.5 Å². The number of benzene rings is 1. The maximum absolute atomic E-state index is 6.07. The van der Waals surface area contributed by atoms with Gasteiger partial charge in [0.15, 0.2) is 5.17 Å². The molecule has 16 heavy (non-hydrogen) atoms. The Morgan fingerprint density at radius 2 is 2.19 bits per heavy atom. The average molecular weight is 255 g/mol. The first-order valence-electron chi connectivity index (χ1n) is 5.22. The summed E-state index contributed by atoms with van der Waals surface area (Å²) in [6, 6.07) is 5.97. The number of hydrogen-bond donors (Lipinski definition) is 1. The third kappa shape index (κ3) is 2.71. The average Bonchev–Trinajstić information content (AvgIpc) is 2.52. The van der Waals surface area contributed by atoms with Gasteiger partial charge in [0, 0.05) is 16.5 Å². The van der Waals surface area contributed by atoms with Gasteiger partial charge in [-0.2, -0.15) is 0 Å². The molecule has 1 aliphatic rings. The van der Waals surface area contributed by atoms with Crippen molar-refractivity contribution in [1.29, 1.82) is 0 Å². The van der Waals surface area contributed by atoms with Crippen molar-refractivity contribution in [2.45, 2.75) is 26.3 Å². The van der Waals surface area contributed by atoms with Crippen LogP contribution in [0, 0.1) is 6.92 Å². The Kier molecular flexibility index (Phi) is 3.17. The summed E-state index contributed by atoms with van der Waals surface area (Å²) in [7, 11) is 0. The summed E-state index contributed by atoms with van der Waals surface area (Å²) in [5, 5.41) is 5.05. The largest absolute Gasteiger partial charge is 0.335 e. The van der Waals surface area contributed by atoms with Gasteiger partial charge in [-0.05, 0) is 38.5 Å². The molecule has 1 aromatic carbocycles. The van der Waals surface area contributed by atoms with E-state index in [4.69, 9.17) is 11.6 Å². The first-order chi connectivity index (χ1) is 7.46. The predicted molar refractivity (Wildman–Crippen MR) is 73.8 cm³/mol. The lowest BCUT2D eigenvalue weighted by Crippen LogP contribution is -2.15. The highest BCUT2D eigenvalue weighted by atomic mass is 35.5. The zero-order valence-corrected chi connectivity index (χ0v) is 11.2. The number of rotatable bonds is 1. The molecule has 2 rings (SSSR count). The molecule has 4 heteroatoms. The van der Waals surface area contributed by atoms with Gasteiger partial charge in [0.1, 0.15) is 0 Å². The van der Waals surface area contributed by atoms with Crippen LogP contribution in [-0.2, 0) is 0 Å². The van der Waals surface area contributed by atoms with E-state index in [9.17, 15) is 0 Å². The number of thioether (sulfide) groups is 1. The Hall–Kier alpha value is -0.670. The fourth-order valence-corrected chi connectivity index (χ4v) is 2.68. The van der Waals surface area contributed by atoms with Crippen molar-refractivity contribution in [1.82, 2.24) is 0 Å². The lowest BCUT2D eigenvalue weighted by Gasteiger charge is -2.09. The molecule has 0 saturated carbocycles. The first-order valence-corrected chi connectivity index (χ1v) is 6.58. The van der Waals surface area contributed by atoms with Crippen LogP contribution >= 0.6 is 23.4 Å². The van der Waals surface area contributed by atoms with Crippen LogP contribution in [0.15, 0.2) is 23.2 Å². The molecule has 0 atom stereocenters. The summed E-state index contributed by atoms with van der Waals surface area (Å²) >= 11 is 7.82. The summed E-state index contributed by atoms with van der Waals surface area (Å²) in [5.74, 6) is 1.02. The van der Waals surface area contributed by atoms with Gasteiger partial charge in [0.25, 0.3) is 0 Å². The SMILES string of the molecule is Cc1ccc(NC2=NC(C)(C)CS2)cc1Cl. The molecule has 0 amide bonds. The Balaban J connectivity index is 2.13. The maximum atomic E-state index is 6.07. The van der Waals surface area contributed by atoms with Crippen molar-refractivity contribution in [2.75, 3.05) is 11.1 Å². The predicted octanol–water partition coefficient (Wildman–Crippen LogP) is 3.94. The summed E-state index contributed by atoms with van der Waals surface area (Å²) in [4.78, 5) is 4.59. The second kappa shape index (κ2) is 4.30. The molecule has 1 N–H and O–H groups in total. The minimum absolute atomic E-state index is 0.0431. The van der Waals surface area contributed by atoms with E-state index in [-0.39, 0.29) is 5.54 Å². The van der Waals surface area contributed by atoms with Gasteiger partial charge in [0.05, 0.1) is 5.54 Å². The molecule has 2 nitrogen and oxygen atoms in total. The number of aliphatic imine (C=N–C) groups is 1. The van der Waals surface area contributed by atoms with E-state index in [1.165, 1.54) is 0 Å². The molecular formula is C12H15ClN2S. The second-order valence-corrected chi connectivity index (χ2v) is 5.98. The van der Waals surface area contributed by atoms with Crippen molar-refractivity contribution in [3.05, 3.63) is 28.8 Å². The summed E-state index contributed by atoms with van der Waals surface area (Å²) < 4.78 is 0. The van der Waals surface area contributed by atoms with E-state index in [1.807, 2.05) is 25.1 Å². The van der Waals surface area contributed by atoms with Crippen molar-refractivity contribution < 1.29 is 0 Å². The number of halogens is 1. The van der Waals surface area contributed by atoms with E-state index in [0.29, 0.717) is 0 Å². The lowest BCUT2D eigenvalue weighted by molar-refractivity contribution is 0.605. The molecule has 86 valence electrons. The molecule has 1 heterocycles. The molecule has 0 unspecified atom stereocenters.